The van der Waals surface area contributed by atoms with Crippen molar-refractivity contribution in [1.29, 1.82) is 0 Å². The molecule has 50 heavy (non-hydrogen) atoms. The average molecular weight is 813 g/mol. The molecule has 1 heterocycles. The molecule has 7 N–H and O–H groups in total. The second-order valence-corrected chi connectivity index (χ2v) is 24.3. The normalized spacial score (nSPS) is 27.4. The van der Waals surface area contributed by atoms with E-state index in [0.29, 0.717) is 19.4 Å². The Morgan fingerprint density at radius 2 is 1.48 bits per heavy atom. The fourth-order valence-corrected chi connectivity index (χ4v) is 14.0. The van der Waals surface area contributed by atoms with Gasteiger partial charge in [0.2, 0.25) is 0 Å². The number of halogens is 1. The Labute approximate surface area is 305 Å². The summed E-state index contributed by atoms with van der Waals surface area (Å²) in [6, 6.07) is -2.71. The molecule has 13 heteroatoms. The summed E-state index contributed by atoms with van der Waals surface area (Å²) in [6.45, 7) is 13.9. The number of likely N-dealkylation sites (tertiary alicyclic amines) is 1. The van der Waals surface area contributed by atoms with Crippen LogP contribution in [-0.2, 0) is 24.0 Å². The van der Waals surface area contributed by atoms with E-state index in [1.807, 2.05) is 20.8 Å². The predicted molar refractivity (Wildman–Crippen MR) is 200 cm³/mol. The third kappa shape index (κ3) is 6.94. The van der Waals surface area contributed by atoms with Crippen molar-refractivity contribution < 1.29 is 28.8 Å². The third-order valence-electron chi connectivity index (χ3n) is 13.2. The summed E-state index contributed by atoms with van der Waals surface area (Å²) in [5.41, 5.74) is 10.0. The number of Topliss-reactive ketones (excluding diaryl/α,β-unsaturated/α-hetero) is 1. The maximum atomic E-state index is 15.0. The molecule has 0 radical (unpaired) electrons. The fraction of sp³-hybridized carbons (Fsp3) is 0.838. The summed E-state index contributed by atoms with van der Waals surface area (Å²) in [7, 11) is 0. The monoisotopic (exact) mass is 812 g/mol. The van der Waals surface area contributed by atoms with Crippen molar-refractivity contribution in [2.24, 2.45) is 39.5 Å². The van der Waals surface area contributed by atoms with Crippen LogP contribution in [0.1, 0.15) is 132 Å². The van der Waals surface area contributed by atoms with Gasteiger partial charge in [0.25, 0.3) is 0 Å². The summed E-state index contributed by atoms with van der Waals surface area (Å²) in [5, 5.41) is 5.82. The van der Waals surface area contributed by atoms with Crippen molar-refractivity contribution in [3.05, 3.63) is 0 Å². The van der Waals surface area contributed by atoms with Gasteiger partial charge in [0.15, 0.2) is 0 Å². The van der Waals surface area contributed by atoms with E-state index in [-0.39, 0.29) is 37.9 Å². The molecule has 5 rings (SSSR count). The molecule has 5 amide bonds. The molecule has 5 aliphatic rings. The Bertz CT molecular complexity index is 1390. The predicted octanol–water partition coefficient (Wildman–Crippen LogP) is 4.25. The number of rotatable bonds is 12. The first-order valence-corrected chi connectivity index (χ1v) is 22.0. The summed E-state index contributed by atoms with van der Waals surface area (Å²) < 4.78 is 2.40. The Hall–Kier alpha value is -2.29. The molecule has 12 nitrogen and oxygen atoms in total. The van der Waals surface area contributed by atoms with Gasteiger partial charge in [0, 0.05) is 0 Å². The van der Waals surface area contributed by atoms with Gasteiger partial charge in [-0.25, -0.2) is 0 Å². The van der Waals surface area contributed by atoms with Crippen molar-refractivity contribution in [1.82, 2.24) is 19.1 Å². The van der Waals surface area contributed by atoms with Crippen molar-refractivity contribution in [2.45, 2.75) is 159 Å². The van der Waals surface area contributed by atoms with Gasteiger partial charge in [0.05, 0.1) is 0 Å². The SMILES string of the molecule is CC(C)(N)C(=O)N[C@H](C(=O)NI(C(=O)N1C[C@]2(C[C@H]1C(=O)NC(CC1CCC1)C(=O)C(N)=O)C(C)(C)C21CCC1)C(C)(C)C)C1CCCCC1. The van der Waals surface area contributed by atoms with Crippen LogP contribution < -0.4 is 25.6 Å². The standard InChI is InChI=1S/C37H61IN6O6/c1-33(2,3)38(43-30(48)26(23-15-9-8-10-16-23)42-31(49)34(4,5)40)32(50)44-21-37(35(6,7)36(37)17-12-18-36)20-25(44)29(47)41-24(27(45)28(39)46)19-22-13-11-14-22/h22-26H,8-21,40H2,1-7H3,(H2,39,46)(H,41,47)(H,42,49)(H,43,48)/t24?,25-,26-,37+/m0/s1. The van der Waals surface area contributed by atoms with E-state index >= 15 is 0 Å². The summed E-state index contributed by atoms with van der Waals surface area (Å²) in [5.74, 6) is -2.97. The zero-order chi connectivity index (χ0) is 37.0. The van der Waals surface area contributed by atoms with E-state index in [4.69, 9.17) is 11.5 Å². The molecule has 2 spiro atoms. The molecular formula is C37H61IN6O6. The van der Waals surface area contributed by atoms with Crippen molar-refractivity contribution in [3.8, 4) is 0 Å². The Morgan fingerprint density at radius 1 is 0.860 bits per heavy atom. The minimum absolute atomic E-state index is 0.0390. The van der Waals surface area contributed by atoms with Crippen molar-refractivity contribution >= 4 is 53.4 Å². The van der Waals surface area contributed by atoms with Gasteiger partial charge in [-0.1, -0.05) is 0 Å². The van der Waals surface area contributed by atoms with Gasteiger partial charge in [-0.05, 0) is 0 Å². The van der Waals surface area contributed by atoms with E-state index in [0.717, 1.165) is 70.6 Å². The van der Waals surface area contributed by atoms with Crippen LogP contribution >= 0.6 is 20.1 Å². The number of hydrogen-bond acceptors (Lipinski definition) is 7. The quantitative estimate of drug-likeness (QED) is 0.0486. The molecule has 0 aromatic rings. The fourth-order valence-electron chi connectivity index (χ4n) is 9.63. The number of primary amides is 1. The number of nitrogens with zero attached hydrogens (tertiary/aromatic N) is 1. The van der Waals surface area contributed by atoms with Crippen LogP contribution in [0.5, 0.6) is 0 Å². The molecule has 4 atom stereocenters. The number of ketones is 1. The number of amides is 5. The number of hydrogen-bond donors (Lipinski definition) is 5. The van der Waals surface area contributed by atoms with Crippen LogP contribution in [0.3, 0.4) is 0 Å². The summed E-state index contributed by atoms with van der Waals surface area (Å²) in [6.07, 6.45) is 11.5. The Morgan fingerprint density at radius 3 is 1.94 bits per heavy atom. The summed E-state index contributed by atoms with van der Waals surface area (Å²) >= 11 is -3.16. The summed E-state index contributed by atoms with van der Waals surface area (Å²) in [4.78, 5) is 83.3. The molecule has 1 saturated heterocycles. The van der Waals surface area contributed by atoms with Crippen LogP contribution in [-0.4, -0.2) is 71.9 Å². The van der Waals surface area contributed by atoms with E-state index in [9.17, 15) is 28.8 Å². The number of alkyl halides is 1. The van der Waals surface area contributed by atoms with Gasteiger partial charge in [-0.2, -0.15) is 0 Å². The molecule has 5 fully saturated rings. The van der Waals surface area contributed by atoms with E-state index in [1.54, 1.807) is 18.7 Å². The average Bonchev–Trinajstić information content (AvgIpc) is 3.21. The molecule has 0 aromatic heterocycles. The number of fused-ring (bicyclic) bond motifs is 1. The van der Waals surface area contributed by atoms with Gasteiger partial charge in [-0.3, -0.25) is 0 Å². The van der Waals surface area contributed by atoms with Gasteiger partial charge in [-0.15, -0.1) is 0 Å². The number of nitrogens with two attached hydrogens (primary N) is 2. The van der Waals surface area contributed by atoms with E-state index < -0.39 is 70.7 Å². The number of carbonyl (C=O) groups excluding carboxylic acids is 6. The van der Waals surface area contributed by atoms with Crippen molar-refractivity contribution in [2.75, 3.05) is 6.54 Å². The first-order chi connectivity index (χ1) is 23.2. The van der Waals surface area contributed by atoms with E-state index in [1.165, 1.54) is 0 Å². The number of carbonyl (C=O) groups is 6. The molecule has 0 bridgehead atoms. The maximum absolute atomic E-state index is 15.0. The Kier molecular flexibility index (Phi) is 10.8. The molecular weight excluding hydrogens is 751 g/mol. The molecule has 0 aromatic carbocycles. The zero-order valence-corrected chi connectivity index (χ0v) is 33.4. The number of nitrogens with one attached hydrogen (secondary N) is 3. The topological polar surface area (TPSA) is 194 Å². The molecule has 4 saturated carbocycles. The Balaban J connectivity index is 1.44. The van der Waals surface area contributed by atoms with Gasteiger partial charge >= 0.3 is 306 Å². The van der Waals surface area contributed by atoms with E-state index in [2.05, 4.69) is 28.0 Å². The van der Waals surface area contributed by atoms with Crippen LogP contribution in [0, 0.1) is 28.1 Å². The van der Waals surface area contributed by atoms with Crippen LogP contribution in [0.25, 0.3) is 0 Å². The van der Waals surface area contributed by atoms with Crippen LogP contribution in [0.2, 0.25) is 0 Å². The van der Waals surface area contributed by atoms with Gasteiger partial charge < -0.3 is 0 Å². The van der Waals surface area contributed by atoms with Crippen LogP contribution in [0.4, 0.5) is 4.79 Å². The molecule has 1 unspecified atom stereocenters. The zero-order valence-electron chi connectivity index (χ0n) is 31.2. The van der Waals surface area contributed by atoms with Crippen LogP contribution in [0.15, 0.2) is 0 Å². The first-order valence-electron chi connectivity index (χ1n) is 18.7. The third-order valence-corrected chi connectivity index (χ3v) is 19.1. The molecule has 282 valence electrons. The minimum atomic E-state index is -3.16. The second-order valence-electron chi connectivity index (χ2n) is 17.9. The van der Waals surface area contributed by atoms with Crippen molar-refractivity contribution in [3.63, 3.8) is 0 Å². The second kappa shape index (κ2) is 13.9. The molecule has 1 aliphatic heterocycles. The van der Waals surface area contributed by atoms with Gasteiger partial charge in [0.1, 0.15) is 0 Å². The molecule has 4 aliphatic carbocycles. The first kappa shape index (κ1) is 38.9.